The van der Waals surface area contributed by atoms with Gasteiger partial charge in [0, 0.05) is 17.5 Å². The van der Waals surface area contributed by atoms with Crippen molar-refractivity contribution in [2.24, 2.45) is 0 Å². The quantitative estimate of drug-likeness (QED) is 0.401. The van der Waals surface area contributed by atoms with Crippen molar-refractivity contribution >= 4 is 27.8 Å². The predicted molar refractivity (Wildman–Crippen MR) is 97.0 cm³/mol. The van der Waals surface area contributed by atoms with E-state index in [-0.39, 0.29) is 5.69 Å². The Bertz CT molecular complexity index is 863. The second kappa shape index (κ2) is 7.42. The Hall–Kier alpha value is -2.77. The van der Waals surface area contributed by atoms with Gasteiger partial charge < -0.3 is 5.11 Å². The Balaban J connectivity index is 1.78. The highest BCUT2D eigenvalue weighted by Gasteiger charge is 2.20. The molecule has 3 rings (SSSR count). The van der Waals surface area contributed by atoms with Gasteiger partial charge in [0.25, 0.3) is 5.69 Å². The van der Waals surface area contributed by atoms with E-state index in [2.05, 4.69) is 5.32 Å². The number of para-hydroxylation sites is 1. The van der Waals surface area contributed by atoms with E-state index in [4.69, 9.17) is 0 Å². The Morgan fingerprint density at radius 3 is 2.52 bits per heavy atom. The minimum atomic E-state index is -0.754. The van der Waals surface area contributed by atoms with Crippen molar-refractivity contribution in [1.29, 1.82) is 0 Å². The summed E-state index contributed by atoms with van der Waals surface area (Å²) in [6.07, 6.45) is -0.754. The molecule has 0 aliphatic carbocycles. The Labute approximate surface area is 149 Å². The number of aliphatic hydroxyl groups excluding tert-OH is 1. The van der Waals surface area contributed by atoms with E-state index >= 15 is 0 Å². The molecular formula is C18H18N3O3S+. The van der Waals surface area contributed by atoms with Crippen LogP contribution in [0.1, 0.15) is 17.4 Å². The van der Waals surface area contributed by atoms with Gasteiger partial charge >= 0.3 is 5.13 Å². The van der Waals surface area contributed by atoms with Crippen LogP contribution in [-0.4, -0.2) is 10.0 Å². The average Bonchev–Trinajstić information content (AvgIpc) is 2.96. The number of aryl methyl sites for hydroxylation is 1. The van der Waals surface area contributed by atoms with E-state index in [0.29, 0.717) is 12.1 Å². The van der Waals surface area contributed by atoms with Gasteiger partial charge in [-0.3, -0.25) is 10.1 Å². The van der Waals surface area contributed by atoms with Gasteiger partial charge in [0.05, 0.1) is 4.92 Å². The molecule has 1 atom stereocenters. The number of hydrogen-bond acceptors (Lipinski definition) is 5. The molecule has 0 unspecified atom stereocenters. The number of benzene rings is 2. The molecule has 2 aromatic carbocycles. The number of aromatic nitrogens is 1. The van der Waals surface area contributed by atoms with Crippen molar-refractivity contribution in [2.75, 3.05) is 5.32 Å². The molecule has 3 aromatic rings. The molecular weight excluding hydrogens is 338 g/mol. The van der Waals surface area contributed by atoms with Gasteiger partial charge in [-0.2, -0.15) is 0 Å². The van der Waals surface area contributed by atoms with E-state index in [9.17, 15) is 15.2 Å². The van der Waals surface area contributed by atoms with Crippen molar-refractivity contribution in [1.82, 2.24) is 0 Å². The molecule has 2 N–H and O–H groups in total. The fraction of sp³-hybridized carbons (Fsp3) is 0.167. The van der Waals surface area contributed by atoms with E-state index < -0.39 is 11.0 Å². The SMILES string of the molecule is Cc1csc(Nc2ccccc2)[n+]1C[C@@H](O)c1ccc([N+](=O)[O-])cc1. The predicted octanol–water partition coefficient (Wildman–Crippen LogP) is 3.73. The van der Waals surface area contributed by atoms with Crippen molar-refractivity contribution in [3.8, 4) is 0 Å². The van der Waals surface area contributed by atoms with Gasteiger partial charge in [0.1, 0.15) is 24.0 Å². The summed E-state index contributed by atoms with van der Waals surface area (Å²) < 4.78 is 2.00. The lowest BCUT2D eigenvalue weighted by molar-refractivity contribution is -0.692. The molecule has 0 spiro atoms. The Kier molecular flexibility index (Phi) is 5.06. The lowest BCUT2D eigenvalue weighted by atomic mass is 10.1. The second-order valence-electron chi connectivity index (χ2n) is 5.65. The molecule has 0 fully saturated rings. The molecule has 0 amide bonds. The van der Waals surface area contributed by atoms with E-state index in [1.165, 1.54) is 12.1 Å². The number of non-ortho nitro benzene ring substituents is 1. The van der Waals surface area contributed by atoms with Gasteiger partial charge in [-0.15, -0.1) is 0 Å². The van der Waals surface area contributed by atoms with Crippen LogP contribution < -0.4 is 9.88 Å². The molecule has 0 saturated carbocycles. The number of nitrogens with one attached hydrogen (secondary N) is 1. The van der Waals surface area contributed by atoms with Crippen LogP contribution >= 0.6 is 11.3 Å². The van der Waals surface area contributed by atoms with Crippen LogP contribution in [0.3, 0.4) is 0 Å². The van der Waals surface area contributed by atoms with Crippen molar-refractivity contribution in [3.05, 3.63) is 81.3 Å². The second-order valence-corrected chi connectivity index (χ2v) is 6.51. The maximum atomic E-state index is 10.7. The first-order chi connectivity index (χ1) is 12.0. The summed E-state index contributed by atoms with van der Waals surface area (Å²) in [7, 11) is 0. The zero-order valence-corrected chi connectivity index (χ0v) is 14.4. The summed E-state index contributed by atoms with van der Waals surface area (Å²) in [6, 6.07) is 15.8. The number of nitrogens with zero attached hydrogens (tertiary/aromatic N) is 2. The zero-order valence-electron chi connectivity index (χ0n) is 13.6. The molecule has 0 saturated heterocycles. The maximum absolute atomic E-state index is 10.7. The summed E-state index contributed by atoms with van der Waals surface area (Å²) in [4.78, 5) is 10.3. The maximum Gasteiger partial charge on any atom is 0.339 e. The number of nitro groups is 1. The average molecular weight is 356 g/mol. The Morgan fingerprint density at radius 2 is 1.88 bits per heavy atom. The van der Waals surface area contributed by atoms with Crippen LogP contribution in [0.25, 0.3) is 0 Å². The molecule has 1 aromatic heterocycles. The van der Waals surface area contributed by atoms with Crippen LogP contribution in [-0.2, 0) is 6.54 Å². The highest BCUT2D eigenvalue weighted by Crippen LogP contribution is 2.22. The Morgan fingerprint density at radius 1 is 1.20 bits per heavy atom. The first-order valence-electron chi connectivity index (χ1n) is 7.77. The lowest BCUT2D eigenvalue weighted by Crippen LogP contribution is -2.39. The highest BCUT2D eigenvalue weighted by molar-refractivity contribution is 7.13. The largest absolute Gasteiger partial charge is 0.384 e. The zero-order chi connectivity index (χ0) is 17.8. The van der Waals surface area contributed by atoms with Crippen LogP contribution in [0, 0.1) is 17.0 Å². The number of hydrogen-bond donors (Lipinski definition) is 2. The molecule has 7 heteroatoms. The summed E-state index contributed by atoms with van der Waals surface area (Å²) in [5.41, 5.74) is 2.67. The molecule has 6 nitrogen and oxygen atoms in total. The first kappa shape index (κ1) is 17.1. The number of aliphatic hydroxyl groups is 1. The minimum Gasteiger partial charge on any atom is -0.384 e. The molecule has 1 heterocycles. The van der Waals surface area contributed by atoms with Crippen LogP contribution in [0.2, 0.25) is 0 Å². The van der Waals surface area contributed by atoms with Crippen LogP contribution in [0.5, 0.6) is 0 Å². The third-order valence-corrected chi connectivity index (χ3v) is 4.89. The number of thiazole rings is 1. The van der Waals surface area contributed by atoms with Crippen molar-refractivity contribution < 1.29 is 14.6 Å². The number of nitro benzene ring substituents is 1. The monoisotopic (exact) mass is 356 g/mol. The van der Waals surface area contributed by atoms with Crippen molar-refractivity contribution in [3.63, 3.8) is 0 Å². The van der Waals surface area contributed by atoms with Gasteiger partial charge in [0.15, 0.2) is 0 Å². The number of anilines is 2. The molecule has 0 aliphatic heterocycles. The molecule has 0 radical (unpaired) electrons. The van der Waals surface area contributed by atoms with Crippen LogP contribution in [0.4, 0.5) is 16.5 Å². The fourth-order valence-corrected chi connectivity index (χ4v) is 3.43. The van der Waals surface area contributed by atoms with Gasteiger partial charge in [0.2, 0.25) is 0 Å². The van der Waals surface area contributed by atoms with E-state index in [0.717, 1.165) is 16.5 Å². The molecule has 25 heavy (non-hydrogen) atoms. The summed E-state index contributed by atoms with van der Waals surface area (Å²) in [5, 5.41) is 27.6. The standard InChI is InChI=1S/C18H17N3O3S/c1-13-12-25-18(19-15-5-3-2-4-6-15)20(13)11-17(22)14-7-9-16(10-8-14)21(23)24/h2-10,12,17,22H,11H2,1H3/p+1/t17-/m1/s1. The smallest absolute Gasteiger partial charge is 0.339 e. The molecule has 0 bridgehead atoms. The van der Waals surface area contributed by atoms with Crippen molar-refractivity contribution in [2.45, 2.75) is 19.6 Å². The third kappa shape index (κ3) is 4.01. The fourth-order valence-electron chi connectivity index (χ4n) is 2.49. The summed E-state index contributed by atoms with van der Waals surface area (Å²) in [6.45, 7) is 2.34. The van der Waals surface area contributed by atoms with Crippen LogP contribution in [0.15, 0.2) is 60.0 Å². The minimum absolute atomic E-state index is 0.0155. The van der Waals surface area contributed by atoms with Gasteiger partial charge in [-0.25, -0.2) is 9.88 Å². The highest BCUT2D eigenvalue weighted by atomic mass is 32.1. The normalized spacial score (nSPS) is 11.9. The van der Waals surface area contributed by atoms with E-state index in [1.807, 2.05) is 47.2 Å². The molecule has 128 valence electrons. The number of rotatable bonds is 6. The third-order valence-electron chi connectivity index (χ3n) is 3.88. The first-order valence-corrected chi connectivity index (χ1v) is 8.65. The van der Waals surface area contributed by atoms with Gasteiger partial charge in [-0.1, -0.05) is 29.5 Å². The summed E-state index contributed by atoms with van der Waals surface area (Å²) >= 11 is 1.57. The van der Waals surface area contributed by atoms with Gasteiger partial charge in [-0.05, 0) is 36.8 Å². The topological polar surface area (TPSA) is 79.3 Å². The lowest BCUT2D eigenvalue weighted by Gasteiger charge is -2.11. The molecule has 0 aliphatic rings. The van der Waals surface area contributed by atoms with E-state index in [1.54, 1.807) is 23.5 Å². The summed E-state index contributed by atoms with van der Waals surface area (Å²) in [5.74, 6) is 0.